The van der Waals surface area contributed by atoms with E-state index in [1.54, 1.807) is 0 Å². The van der Waals surface area contributed by atoms with Crippen molar-refractivity contribution in [3.8, 4) is 0 Å². The van der Waals surface area contributed by atoms with Gasteiger partial charge in [0.15, 0.2) is 12.6 Å². The van der Waals surface area contributed by atoms with Crippen LogP contribution in [0.2, 0.25) is 0 Å². The van der Waals surface area contributed by atoms with Crippen molar-refractivity contribution >= 4 is 5.97 Å². The highest BCUT2D eigenvalue weighted by Crippen LogP contribution is 2.76. The molecule has 7 fully saturated rings. The second kappa shape index (κ2) is 16.9. The molecule has 3 heterocycles. The van der Waals surface area contributed by atoms with Crippen molar-refractivity contribution in [1.29, 1.82) is 0 Å². The lowest BCUT2D eigenvalue weighted by molar-refractivity contribution is -0.364. The van der Waals surface area contributed by atoms with Crippen molar-refractivity contribution in [3.63, 3.8) is 0 Å². The summed E-state index contributed by atoms with van der Waals surface area (Å²) in [4.78, 5) is 14.7. The third-order valence-electron chi connectivity index (χ3n) is 19.3. The van der Waals surface area contributed by atoms with Gasteiger partial charge in [0.05, 0.1) is 36.4 Å². The predicted molar refractivity (Wildman–Crippen MR) is 224 cm³/mol. The molecule has 0 aromatic rings. The monoisotopic (exact) mass is 913 g/mol. The van der Waals surface area contributed by atoms with Crippen molar-refractivity contribution in [2.75, 3.05) is 13.2 Å². The zero-order chi connectivity index (χ0) is 46.9. The Labute approximate surface area is 376 Å². The van der Waals surface area contributed by atoms with Gasteiger partial charge in [0.1, 0.15) is 61.0 Å². The number of esters is 1. The zero-order valence-corrected chi connectivity index (χ0v) is 38.7. The molecule has 8 aliphatic rings. The number of allylic oxidation sites excluding steroid dienone is 1. The van der Waals surface area contributed by atoms with Crippen molar-refractivity contribution in [2.24, 2.45) is 50.7 Å². The third kappa shape index (κ3) is 7.23. The number of carbonyl (C=O) groups excluding carboxylic acids is 1. The summed E-state index contributed by atoms with van der Waals surface area (Å²) in [6.07, 6.45) is -12.0. The molecule has 5 aliphatic carbocycles. The van der Waals surface area contributed by atoms with Gasteiger partial charge >= 0.3 is 5.97 Å². The molecule has 8 rings (SSSR count). The molecule has 17 heteroatoms. The summed E-state index contributed by atoms with van der Waals surface area (Å²) in [6.45, 7) is 16.0. The van der Waals surface area contributed by atoms with E-state index in [1.807, 2.05) is 13.8 Å². The molecule has 0 amide bonds. The molecule has 64 heavy (non-hydrogen) atoms. The summed E-state index contributed by atoms with van der Waals surface area (Å²) in [7, 11) is 0. The van der Waals surface area contributed by atoms with Crippen molar-refractivity contribution in [1.82, 2.24) is 0 Å². The summed E-state index contributed by atoms with van der Waals surface area (Å²) >= 11 is 0. The third-order valence-corrected chi connectivity index (χ3v) is 19.3. The van der Waals surface area contributed by atoms with Gasteiger partial charge in [0.25, 0.3) is 0 Å². The first-order valence-corrected chi connectivity index (χ1v) is 23.7. The Balaban J connectivity index is 1.05. The Morgan fingerprint density at radius 2 is 1.39 bits per heavy atom. The highest BCUT2D eigenvalue weighted by molar-refractivity contribution is 5.79. The topological polar surface area (TPSA) is 275 Å². The Bertz CT molecular complexity index is 1760. The number of hydrogen-bond donors (Lipinski definition) is 10. The van der Waals surface area contributed by atoms with E-state index in [0.29, 0.717) is 32.1 Å². The van der Waals surface area contributed by atoms with Crippen molar-refractivity contribution < 1.29 is 84.3 Å². The summed E-state index contributed by atoms with van der Waals surface area (Å²) in [5, 5.41) is 107. The van der Waals surface area contributed by atoms with E-state index in [9.17, 15) is 55.9 Å². The molecule has 3 saturated heterocycles. The van der Waals surface area contributed by atoms with E-state index in [2.05, 4.69) is 40.7 Å². The Morgan fingerprint density at radius 1 is 0.719 bits per heavy atom. The van der Waals surface area contributed by atoms with Crippen LogP contribution in [0.4, 0.5) is 0 Å². The fourth-order valence-electron chi connectivity index (χ4n) is 14.9. The minimum atomic E-state index is -1.74. The maximum absolute atomic E-state index is 14.7. The molecular formula is C47H76O17. The molecule has 10 N–H and O–H groups in total. The standard InChI is InChI=1S/C47H76O17/c1-21-11-16-47(41(57)64-39-35(56)33(54)31(52)25(19-48)61-39)18-17-44(6)23(37(47)46(21,8)58)9-10-27-43(5)14-13-28(42(3,4)26(43)12-15-45(27,44)7)62-40-36(30(51)24(49)20-59-40)63-38-34(55)32(53)29(50)22(2)60-38/h9,21-22,24-40,48-56,58H,10-20H2,1-8H3/t21-,22-,24-,25+,26-,27+,28-,29-,30-,31+,32+,33-,34+,35+,36+,37+,38-,39-,40-,43-,44+,45+,46+,47-/m0/s1. The normalized spacial score (nSPS) is 56.1. The van der Waals surface area contributed by atoms with Crippen LogP contribution in [0, 0.1) is 50.7 Å². The van der Waals surface area contributed by atoms with Gasteiger partial charge in [0, 0.05) is 5.92 Å². The Hall–Kier alpha value is -1.39. The van der Waals surface area contributed by atoms with E-state index in [4.69, 9.17) is 28.4 Å². The largest absolute Gasteiger partial charge is 0.432 e. The highest BCUT2D eigenvalue weighted by Gasteiger charge is 2.72. The SMILES string of the molecule is C[C@@H]1O[C@@H](O[C@H]2[C@H](O[C@H]3CC[C@]4(C)[C@H]5CC=C6[C@H]7[C@](C(=O)O[C@@H]8O[C@H](CO)[C@@H](O)[C@H](O)[C@H]8O)(CC[C@H](C)[C@@]7(C)O)CC[C@@]6(C)[C@]5(C)CC[C@H]4C3(C)C)OC[C@H](O)[C@@H]2O)[C@H](O)[C@H](O)[C@H]1O. The Morgan fingerprint density at radius 3 is 2.08 bits per heavy atom. The van der Waals surface area contributed by atoms with Crippen LogP contribution in [-0.2, 0) is 33.2 Å². The summed E-state index contributed by atoms with van der Waals surface area (Å²) in [6, 6.07) is 0. The molecule has 0 bridgehead atoms. The fourth-order valence-corrected chi connectivity index (χ4v) is 14.9. The lowest BCUT2D eigenvalue weighted by Crippen LogP contribution is -2.68. The summed E-state index contributed by atoms with van der Waals surface area (Å²) in [5.74, 6) is -0.983. The first kappa shape index (κ1) is 49.0. The van der Waals surface area contributed by atoms with E-state index >= 15 is 0 Å². The summed E-state index contributed by atoms with van der Waals surface area (Å²) < 4.78 is 36.1. The number of carbonyl (C=O) groups is 1. The van der Waals surface area contributed by atoms with Crippen LogP contribution in [0.5, 0.6) is 0 Å². The number of aliphatic hydroxyl groups is 10. The lowest BCUT2D eigenvalue weighted by atomic mass is 9.33. The molecule has 366 valence electrons. The molecule has 4 saturated carbocycles. The van der Waals surface area contributed by atoms with Crippen LogP contribution >= 0.6 is 0 Å². The highest BCUT2D eigenvalue weighted by atomic mass is 16.8. The fraction of sp³-hybridized carbons (Fsp3) is 0.936. The van der Waals surface area contributed by atoms with Gasteiger partial charge in [-0.2, -0.15) is 0 Å². The van der Waals surface area contributed by atoms with Gasteiger partial charge in [-0.1, -0.05) is 53.2 Å². The molecule has 24 atom stereocenters. The minimum Gasteiger partial charge on any atom is -0.432 e. The smallest absolute Gasteiger partial charge is 0.315 e. The molecule has 0 spiro atoms. The molecule has 0 radical (unpaired) electrons. The van der Waals surface area contributed by atoms with Gasteiger partial charge < -0.3 is 79.5 Å². The maximum atomic E-state index is 14.7. The van der Waals surface area contributed by atoms with Crippen LogP contribution < -0.4 is 0 Å². The van der Waals surface area contributed by atoms with E-state index in [0.717, 1.165) is 31.3 Å². The molecular weight excluding hydrogens is 836 g/mol. The van der Waals surface area contributed by atoms with Gasteiger partial charge in [0.2, 0.25) is 6.29 Å². The number of hydrogen-bond acceptors (Lipinski definition) is 17. The quantitative estimate of drug-likeness (QED) is 0.0960. The minimum absolute atomic E-state index is 0.144. The maximum Gasteiger partial charge on any atom is 0.315 e. The number of ether oxygens (including phenoxy) is 6. The van der Waals surface area contributed by atoms with E-state index in [1.165, 1.54) is 6.92 Å². The molecule has 0 unspecified atom stereocenters. The van der Waals surface area contributed by atoms with Crippen molar-refractivity contribution in [3.05, 3.63) is 11.6 Å². The van der Waals surface area contributed by atoms with E-state index in [-0.39, 0.29) is 41.3 Å². The first-order valence-electron chi connectivity index (χ1n) is 23.7. The average molecular weight is 913 g/mol. The van der Waals surface area contributed by atoms with Gasteiger partial charge in [-0.25, -0.2) is 0 Å². The average Bonchev–Trinajstić information content (AvgIpc) is 3.24. The van der Waals surface area contributed by atoms with Gasteiger partial charge in [-0.3, -0.25) is 4.79 Å². The van der Waals surface area contributed by atoms with Gasteiger partial charge in [-0.15, -0.1) is 0 Å². The van der Waals surface area contributed by atoms with Crippen LogP contribution in [0.1, 0.15) is 113 Å². The second-order valence-corrected chi connectivity index (χ2v) is 22.7. The number of rotatable bonds is 7. The van der Waals surface area contributed by atoms with Crippen LogP contribution in [0.25, 0.3) is 0 Å². The number of fused-ring (bicyclic) bond motifs is 7. The molecule has 17 nitrogen and oxygen atoms in total. The van der Waals surface area contributed by atoms with Gasteiger partial charge in [-0.05, 0) is 111 Å². The molecule has 0 aromatic carbocycles. The number of aliphatic hydroxyl groups excluding tert-OH is 9. The van der Waals surface area contributed by atoms with Crippen LogP contribution in [0.15, 0.2) is 11.6 Å². The van der Waals surface area contributed by atoms with Crippen molar-refractivity contribution in [2.45, 2.75) is 211 Å². The molecule has 0 aromatic heterocycles. The first-order chi connectivity index (χ1) is 29.8. The van der Waals surface area contributed by atoms with Crippen LogP contribution in [-0.4, -0.2) is 168 Å². The zero-order valence-electron chi connectivity index (χ0n) is 38.7. The molecule has 3 aliphatic heterocycles. The Kier molecular flexibility index (Phi) is 13.0. The summed E-state index contributed by atoms with van der Waals surface area (Å²) in [5.41, 5.74) is -2.62. The second-order valence-electron chi connectivity index (χ2n) is 22.7. The predicted octanol–water partition coefficient (Wildman–Crippen LogP) is 0.778. The van der Waals surface area contributed by atoms with E-state index < -0.39 is 126 Å². The van der Waals surface area contributed by atoms with Crippen LogP contribution in [0.3, 0.4) is 0 Å². The lowest BCUT2D eigenvalue weighted by Gasteiger charge is -2.72.